The first-order chi connectivity index (χ1) is 7.63. The van der Waals surface area contributed by atoms with E-state index in [-0.39, 0.29) is 5.82 Å². The predicted molar refractivity (Wildman–Crippen MR) is 63.1 cm³/mol. The first-order valence-corrected chi connectivity index (χ1v) is 5.31. The van der Waals surface area contributed by atoms with Crippen LogP contribution in [0.3, 0.4) is 0 Å². The van der Waals surface area contributed by atoms with Crippen LogP contribution in [0.1, 0.15) is 12.6 Å². The van der Waals surface area contributed by atoms with Crippen LogP contribution >= 0.6 is 11.6 Å². The Balaban J connectivity index is 2.58. The van der Waals surface area contributed by atoms with E-state index in [0.29, 0.717) is 10.7 Å². The molecule has 0 fully saturated rings. The van der Waals surface area contributed by atoms with Crippen molar-refractivity contribution in [3.05, 3.63) is 23.2 Å². The number of hydrogen-bond donors (Lipinski definition) is 1. The number of rotatable bonds is 2. The molecule has 16 heavy (non-hydrogen) atoms. The zero-order valence-corrected chi connectivity index (χ0v) is 9.86. The van der Waals surface area contributed by atoms with Crippen molar-refractivity contribution in [3.63, 3.8) is 0 Å². The number of nitrogens with zero attached hydrogens (tertiary/aromatic N) is 4. The van der Waals surface area contributed by atoms with E-state index in [2.05, 4.69) is 15.1 Å². The number of halogens is 1. The maximum Gasteiger partial charge on any atom is 0.146 e. The molecule has 2 N–H and O–H groups in total. The van der Waals surface area contributed by atoms with Crippen molar-refractivity contribution in [1.82, 2.24) is 19.7 Å². The molecule has 0 aliphatic carbocycles. The monoisotopic (exact) mass is 237 g/mol. The summed E-state index contributed by atoms with van der Waals surface area (Å²) in [4.78, 5) is 7.97. The highest BCUT2D eigenvalue weighted by molar-refractivity contribution is 6.35. The lowest BCUT2D eigenvalue weighted by Crippen LogP contribution is -1.95. The number of nitrogen functional groups attached to an aromatic ring is 1. The SMILES string of the molecule is CCn1cc(-c2ncnc(N)c2Cl)c(C)n1. The molecule has 2 heterocycles. The van der Waals surface area contributed by atoms with Gasteiger partial charge in [0.2, 0.25) is 0 Å². The summed E-state index contributed by atoms with van der Waals surface area (Å²) >= 11 is 6.07. The highest BCUT2D eigenvalue weighted by Crippen LogP contribution is 2.30. The summed E-state index contributed by atoms with van der Waals surface area (Å²) in [5, 5.41) is 4.71. The number of aromatic nitrogens is 4. The second kappa shape index (κ2) is 4.09. The standard InChI is InChI=1S/C10H12ClN5/c1-3-16-4-7(6(2)15-16)9-8(11)10(12)14-5-13-9/h4-5H,3H2,1-2H3,(H2,12,13,14). The van der Waals surface area contributed by atoms with E-state index in [1.54, 1.807) is 0 Å². The van der Waals surface area contributed by atoms with Crippen molar-refractivity contribution in [1.29, 1.82) is 0 Å². The van der Waals surface area contributed by atoms with E-state index < -0.39 is 0 Å². The van der Waals surface area contributed by atoms with Crippen LogP contribution < -0.4 is 5.73 Å². The van der Waals surface area contributed by atoms with Gasteiger partial charge in [-0.2, -0.15) is 5.10 Å². The molecule has 84 valence electrons. The van der Waals surface area contributed by atoms with Crippen LogP contribution in [0.4, 0.5) is 5.82 Å². The van der Waals surface area contributed by atoms with Gasteiger partial charge in [-0.1, -0.05) is 11.6 Å². The van der Waals surface area contributed by atoms with Crippen LogP contribution in [0.15, 0.2) is 12.5 Å². The summed E-state index contributed by atoms with van der Waals surface area (Å²) in [5.74, 6) is 0.287. The Bertz CT molecular complexity index is 520. The summed E-state index contributed by atoms with van der Waals surface area (Å²) in [6, 6.07) is 0. The second-order valence-electron chi connectivity index (χ2n) is 3.41. The first-order valence-electron chi connectivity index (χ1n) is 4.94. The summed E-state index contributed by atoms with van der Waals surface area (Å²) < 4.78 is 1.83. The highest BCUT2D eigenvalue weighted by Gasteiger charge is 2.13. The van der Waals surface area contributed by atoms with Crippen LogP contribution in [0.25, 0.3) is 11.3 Å². The van der Waals surface area contributed by atoms with Gasteiger partial charge in [0, 0.05) is 18.3 Å². The molecule has 0 aromatic carbocycles. The molecule has 0 amide bonds. The van der Waals surface area contributed by atoms with Gasteiger partial charge in [-0.25, -0.2) is 9.97 Å². The fourth-order valence-electron chi connectivity index (χ4n) is 1.48. The number of nitrogens with two attached hydrogens (primary N) is 1. The maximum absolute atomic E-state index is 6.07. The van der Waals surface area contributed by atoms with Crippen molar-refractivity contribution in [2.24, 2.45) is 0 Å². The molecule has 0 saturated heterocycles. The third-order valence-corrected chi connectivity index (χ3v) is 2.71. The average molecular weight is 238 g/mol. The summed E-state index contributed by atoms with van der Waals surface area (Å²) in [7, 11) is 0. The minimum absolute atomic E-state index is 0.287. The third kappa shape index (κ3) is 1.74. The Kier molecular flexibility index (Phi) is 2.78. The Morgan fingerprint density at radius 2 is 2.19 bits per heavy atom. The molecule has 2 aromatic rings. The lowest BCUT2D eigenvalue weighted by Gasteiger charge is -2.02. The highest BCUT2D eigenvalue weighted by atomic mass is 35.5. The zero-order valence-electron chi connectivity index (χ0n) is 9.11. The van der Waals surface area contributed by atoms with Crippen LogP contribution in [0, 0.1) is 6.92 Å². The van der Waals surface area contributed by atoms with Crippen molar-refractivity contribution in [3.8, 4) is 11.3 Å². The smallest absolute Gasteiger partial charge is 0.146 e. The minimum Gasteiger partial charge on any atom is -0.382 e. The molecule has 0 aliphatic heterocycles. The van der Waals surface area contributed by atoms with Gasteiger partial charge in [0.15, 0.2) is 0 Å². The van der Waals surface area contributed by atoms with E-state index in [4.69, 9.17) is 17.3 Å². The molecule has 0 unspecified atom stereocenters. The van der Waals surface area contributed by atoms with E-state index in [1.165, 1.54) is 6.33 Å². The number of anilines is 1. The molecule has 2 aromatic heterocycles. The van der Waals surface area contributed by atoms with Crippen LogP contribution in [-0.4, -0.2) is 19.7 Å². The largest absolute Gasteiger partial charge is 0.382 e. The normalized spacial score (nSPS) is 10.7. The Morgan fingerprint density at radius 1 is 1.44 bits per heavy atom. The van der Waals surface area contributed by atoms with Gasteiger partial charge in [0.05, 0.1) is 11.4 Å². The molecular weight excluding hydrogens is 226 g/mol. The van der Waals surface area contributed by atoms with Crippen molar-refractivity contribution >= 4 is 17.4 Å². The topological polar surface area (TPSA) is 69.6 Å². The summed E-state index contributed by atoms with van der Waals surface area (Å²) in [6.45, 7) is 4.74. The molecule has 0 bridgehead atoms. The lowest BCUT2D eigenvalue weighted by molar-refractivity contribution is 0.653. The maximum atomic E-state index is 6.07. The van der Waals surface area contributed by atoms with E-state index in [9.17, 15) is 0 Å². The summed E-state index contributed by atoms with van der Waals surface area (Å²) in [5.41, 5.74) is 8.03. The van der Waals surface area contributed by atoms with Crippen molar-refractivity contribution < 1.29 is 0 Å². The number of hydrogen-bond acceptors (Lipinski definition) is 4. The van der Waals surface area contributed by atoms with Gasteiger partial charge in [0.1, 0.15) is 17.2 Å². The van der Waals surface area contributed by atoms with Gasteiger partial charge in [-0.15, -0.1) is 0 Å². The molecule has 2 rings (SSSR count). The van der Waals surface area contributed by atoms with Crippen molar-refractivity contribution in [2.75, 3.05) is 5.73 Å². The molecule has 0 atom stereocenters. The Hall–Kier alpha value is -1.62. The van der Waals surface area contributed by atoms with Gasteiger partial charge < -0.3 is 5.73 Å². The Morgan fingerprint density at radius 3 is 2.81 bits per heavy atom. The quantitative estimate of drug-likeness (QED) is 0.866. The van der Waals surface area contributed by atoms with Crippen LogP contribution in [-0.2, 0) is 6.54 Å². The van der Waals surface area contributed by atoms with Gasteiger partial charge in [-0.05, 0) is 13.8 Å². The zero-order chi connectivity index (χ0) is 11.7. The van der Waals surface area contributed by atoms with E-state index >= 15 is 0 Å². The van der Waals surface area contributed by atoms with Gasteiger partial charge >= 0.3 is 0 Å². The molecule has 0 aliphatic rings. The van der Waals surface area contributed by atoms with Crippen LogP contribution in [0.2, 0.25) is 5.02 Å². The first kappa shape index (κ1) is 10.9. The third-order valence-electron chi connectivity index (χ3n) is 2.34. The molecule has 0 radical (unpaired) electrons. The second-order valence-corrected chi connectivity index (χ2v) is 3.78. The Labute approximate surface area is 98.3 Å². The average Bonchev–Trinajstić information content (AvgIpc) is 2.64. The van der Waals surface area contributed by atoms with Gasteiger partial charge in [0.25, 0.3) is 0 Å². The molecule has 0 saturated carbocycles. The molecule has 6 heteroatoms. The fraction of sp³-hybridized carbons (Fsp3) is 0.300. The lowest BCUT2D eigenvalue weighted by atomic mass is 10.2. The summed E-state index contributed by atoms with van der Waals surface area (Å²) in [6.07, 6.45) is 3.31. The minimum atomic E-state index is 0.287. The van der Waals surface area contributed by atoms with E-state index in [0.717, 1.165) is 17.8 Å². The molecular formula is C10H12ClN5. The van der Waals surface area contributed by atoms with Crippen molar-refractivity contribution in [2.45, 2.75) is 20.4 Å². The van der Waals surface area contributed by atoms with Crippen LogP contribution in [0.5, 0.6) is 0 Å². The molecule has 0 spiro atoms. The fourth-order valence-corrected chi connectivity index (χ4v) is 1.68. The molecule has 5 nitrogen and oxygen atoms in total. The van der Waals surface area contributed by atoms with Gasteiger partial charge in [-0.3, -0.25) is 4.68 Å². The van der Waals surface area contributed by atoms with E-state index in [1.807, 2.05) is 24.7 Å². The number of aryl methyl sites for hydroxylation is 2. The predicted octanol–water partition coefficient (Wildman–Crippen LogP) is 1.90.